The van der Waals surface area contributed by atoms with Crippen molar-refractivity contribution in [1.82, 2.24) is 0 Å². The van der Waals surface area contributed by atoms with E-state index in [-0.39, 0.29) is 5.56 Å². The first-order valence-electron chi connectivity index (χ1n) is 3.54. The van der Waals surface area contributed by atoms with E-state index < -0.39 is 5.97 Å². The van der Waals surface area contributed by atoms with Gasteiger partial charge in [-0.05, 0) is 24.1 Å². The van der Waals surface area contributed by atoms with Crippen molar-refractivity contribution in [2.45, 2.75) is 6.92 Å². The summed E-state index contributed by atoms with van der Waals surface area (Å²) in [6, 6.07) is 4.52. The Labute approximate surface area is 74.3 Å². The third-order valence-electron chi connectivity index (χ3n) is 1.61. The van der Waals surface area contributed by atoms with E-state index >= 15 is 0 Å². The highest BCUT2D eigenvalue weighted by Crippen LogP contribution is 2.17. The van der Waals surface area contributed by atoms with Crippen LogP contribution in [0.4, 0.5) is 5.69 Å². The Hall–Kier alpha value is -2.00. The first-order valence-corrected chi connectivity index (χ1v) is 3.54. The lowest BCUT2D eigenvalue weighted by atomic mass is 10.1. The lowest BCUT2D eigenvalue weighted by Crippen LogP contribution is -1.98. The van der Waals surface area contributed by atoms with E-state index in [1.165, 1.54) is 6.07 Å². The molecular weight excluding hydrogens is 170 g/mol. The maximum Gasteiger partial charge on any atom is 0.335 e. The largest absolute Gasteiger partial charge is 0.478 e. The molecule has 0 spiro atoms. The van der Waals surface area contributed by atoms with E-state index in [1.807, 2.05) is 0 Å². The lowest BCUT2D eigenvalue weighted by Gasteiger charge is -2.00. The van der Waals surface area contributed by atoms with Gasteiger partial charge in [0.1, 0.15) is 0 Å². The highest BCUT2D eigenvalue weighted by molar-refractivity contribution is 5.90. The number of azide groups is 1. The first kappa shape index (κ1) is 9.09. The van der Waals surface area contributed by atoms with Crippen molar-refractivity contribution < 1.29 is 9.90 Å². The second-order valence-electron chi connectivity index (χ2n) is 2.49. The molecule has 0 bridgehead atoms. The predicted octanol–water partition coefficient (Wildman–Crippen LogP) is 2.64. The Kier molecular flexibility index (Phi) is 2.52. The van der Waals surface area contributed by atoms with E-state index in [4.69, 9.17) is 10.6 Å². The minimum absolute atomic E-state index is 0.157. The number of hydrogen-bond acceptors (Lipinski definition) is 2. The molecule has 0 saturated carbocycles. The van der Waals surface area contributed by atoms with E-state index in [1.54, 1.807) is 19.1 Å². The fourth-order valence-corrected chi connectivity index (χ4v) is 0.954. The van der Waals surface area contributed by atoms with Crippen LogP contribution in [-0.4, -0.2) is 11.1 Å². The normalized spacial score (nSPS) is 9.00. The standard InChI is InChI=1S/C8H7N3O2/c1-5-2-3-6(10-11-9)4-7(5)8(12)13/h2-4H,1H3,(H,12,13). The number of carbonyl (C=O) groups is 1. The van der Waals surface area contributed by atoms with E-state index in [0.717, 1.165) is 0 Å². The molecule has 0 aliphatic heterocycles. The lowest BCUT2D eigenvalue weighted by molar-refractivity contribution is 0.0696. The van der Waals surface area contributed by atoms with Crippen molar-refractivity contribution >= 4 is 11.7 Å². The quantitative estimate of drug-likeness (QED) is 0.427. The molecule has 13 heavy (non-hydrogen) atoms. The smallest absolute Gasteiger partial charge is 0.335 e. The molecule has 0 aromatic heterocycles. The van der Waals surface area contributed by atoms with Crippen LogP contribution < -0.4 is 0 Å². The van der Waals surface area contributed by atoms with Gasteiger partial charge in [0.2, 0.25) is 0 Å². The number of rotatable bonds is 2. The minimum Gasteiger partial charge on any atom is -0.478 e. The summed E-state index contributed by atoms with van der Waals surface area (Å²) < 4.78 is 0. The van der Waals surface area contributed by atoms with Crippen molar-refractivity contribution in [3.63, 3.8) is 0 Å². The molecule has 0 aliphatic rings. The molecule has 66 valence electrons. The summed E-state index contributed by atoms with van der Waals surface area (Å²) in [6.07, 6.45) is 0. The van der Waals surface area contributed by atoms with Gasteiger partial charge in [0.15, 0.2) is 0 Å². The van der Waals surface area contributed by atoms with Gasteiger partial charge in [-0.1, -0.05) is 17.2 Å². The van der Waals surface area contributed by atoms with Crippen molar-refractivity contribution in [3.8, 4) is 0 Å². The molecule has 1 aromatic carbocycles. The molecule has 0 saturated heterocycles. The zero-order valence-electron chi connectivity index (χ0n) is 6.93. The van der Waals surface area contributed by atoms with Crippen LogP contribution in [-0.2, 0) is 0 Å². The van der Waals surface area contributed by atoms with Crippen LogP contribution in [0.1, 0.15) is 15.9 Å². The summed E-state index contributed by atoms with van der Waals surface area (Å²) in [6.45, 7) is 1.68. The van der Waals surface area contributed by atoms with Gasteiger partial charge in [0, 0.05) is 10.6 Å². The van der Waals surface area contributed by atoms with Crippen LogP contribution in [0.5, 0.6) is 0 Å². The van der Waals surface area contributed by atoms with Gasteiger partial charge in [-0.25, -0.2) is 4.79 Å². The molecule has 0 unspecified atom stereocenters. The summed E-state index contributed by atoms with van der Waals surface area (Å²) in [5.41, 5.74) is 9.24. The van der Waals surface area contributed by atoms with Gasteiger partial charge < -0.3 is 5.11 Å². The van der Waals surface area contributed by atoms with Gasteiger partial charge in [-0.3, -0.25) is 0 Å². The molecule has 1 N–H and O–H groups in total. The summed E-state index contributed by atoms with van der Waals surface area (Å²) >= 11 is 0. The monoisotopic (exact) mass is 177 g/mol. The summed E-state index contributed by atoms with van der Waals surface area (Å²) in [4.78, 5) is 13.2. The summed E-state index contributed by atoms with van der Waals surface area (Å²) in [5, 5.41) is 12.0. The second kappa shape index (κ2) is 3.60. The molecule has 0 aliphatic carbocycles. The van der Waals surface area contributed by atoms with Crippen LogP contribution in [0.25, 0.3) is 10.4 Å². The Morgan fingerprint density at radius 3 is 2.85 bits per heavy atom. The number of aryl methyl sites for hydroxylation is 1. The molecule has 0 radical (unpaired) electrons. The van der Waals surface area contributed by atoms with Crippen LogP contribution in [0.3, 0.4) is 0 Å². The maximum absolute atomic E-state index is 10.6. The zero-order valence-corrected chi connectivity index (χ0v) is 6.93. The number of aromatic carboxylic acids is 1. The van der Waals surface area contributed by atoms with Gasteiger partial charge in [0.25, 0.3) is 0 Å². The Bertz CT molecular complexity index is 394. The van der Waals surface area contributed by atoms with Crippen LogP contribution in [0, 0.1) is 6.92 Å². The zero-order chi connectivity index (χ0) is 9.84. The Balaban J connectivity index is 3.26. The number of hydrogen-bond donors (Lipinski definition) is 1. The fourth-order valence-electron chi connectivity index (χ4n) is 0.954. The molecule has 0 amide bonds. The molecule has 0 fully saturated rings. The SMILES string of the molecule is Cc1ccc(N=[N+]=[N-])cc1C(=O)O. The van der Waals surface area contributed by atoms with E-state index in [9.17, 15) is 4.79 Å². The topological polar surface area (TPSA) is 86.1 Å². The summed E-state index contributed by atoms with van der Waals surface area (Å²) in [5.74, 6) is -1.02. The second-order valence-corrected chi connectivity index (χ2v) is 2.49. The fraction of sp³-hybridized carbons (Fsp3) is 0.125. The third-order valence-corrected chi connectivity index (χ3v) is 1.61. The van der Waals surface area contributed by atoms with Crippen LogP contribution >= 0.6 is 0 Å². The van der Waals surface area contributed by atoms with Crippen molar-refractivity contribution in [1.29, 1.82) is 0 Å². The van der Waals surface area contributed by atoms with E-state index in [2.05, 4.69) is 10.0 Å². The number of benzene rings is 1. The number of carboxylic acid groups (broad SMARTS) is 1. The number of carboxylic acids is 1. The minimum atomic E-state index is -1.02. The van der Waals surface area contributed by atoms with Gasteiger partial charge in [-0.2, -0.15) is 0 Å². The average molecular weight is 177 g/mol. The average Bonchev–Trinajstić information content (AvgIpc) is 2.08. The molecule has 0 atom stereocenters. The van der Waals surface area contributed by atoms with Crippen molar-refractivity contribution in [3.05, 3.63) is 39.8 Å². The molecule has 5 heteroatoms. The Morgan fingerprint density at radius 1 is 1.62 bits per heavy atom. The van der Waals surface area contributed by atoms with Crippen LogP contribution in [0.15, 0.2) is 23.3 Å². The first-order chi connectivity index (χ1) is 6.15. The van der Waals surface area contributed by atoms with Gasteiger partial charge >= 0.3 is 5.97 Å². The van der Waals surface area contributed by atoms with Crippen LogP contribution in [0.2, 0.25) is 0 Å². The molecule has 1 rings (SSSR count). The molecule has 5 nitrogen and oxygen atoms in total. The highest BCUT2D eigenvalue weighted by Gasteiger charge is 2.06. The van der Waals surface area contributed by atoms with Crippen molar-refractivity contribution in [2.75, 3.05) is 0 Å². The highest BCUT2D eigenvalue weighted by atomic mass is 16.4. The molecule has 1 aromatic rings. The van der Waals surface area contributed by atoms with Gasteiger partial charge in [0.05, 0.1) is 5.56 Å². The third kappa shape index (κ3) is 1.98. The Morgan fingerprint density at radius 2 is 2.31 bits per heavy atom. The molecule has 0 heterocycles. The van der Waals surface area contributed by atoms with E-state index in [0.29, 0.717) is 11.3 Å². The summed E-state index contributed by atoms with van der Waals surface area (Å²) in [7, 11) is 0. The predicted molar refractivity (Wildman–Crippen MR) is 46.9 cm³/mol. The van der Waals surface area contributed by atoms with Crippen molar-refractivity contribution in [2.24, 2.45) is 5.11 Å². The molecular formula is C8H7N3O2. The maximum atomic E-state index is 10.6. The number of nitrogens with zero attached hydrogens (tertiary/aromatic N) is 3. The van der Waals surface area contributed by atoms with Gasteiger partial charge in [-0.15, -0.1) is 0 Å².